The number of amides is 1. The van der Waals surface area contributed by atoms with Crippen LogP contribution in [-0.4, -0.2) is 29.5 Å². The van der Waals surface area contributed by atoms with Crippen LogP contribution in [0.15, 0.2) is 58.6 Å². The van der Waals surface area contributed by atoms with Crippen LogP contribution in [0.5, 0.6) is 0 Å². The zero-order valence-corrected chi connectivity index (χ0v) is 13.2. The van der Waals surface area contributed by atoms with Gasteiger partial charge in [0.25, 0.3) is 0 Å². The number of benzene rings is 2. The average Bonchev–Trinajstić information content (AvgIpc) is 3.14. The minimum absolute atomic E-state index is 0.0615. The SMILES string of the molecule is O=C(Cc1ncn[nH]1)Nc1ccc2c(c1)-c1ccccc1S2(=O)=O. The molecule has 0 unspecified atom stereocenters. The molecule has 2 N–H and O–H groups in total. The van der Waals surface area contributed by atoms with E-state index in [1.807, 2.05) is 0 Å². The predicted molar refractivity (Wildman–Crippen MR) is 86.0 cm³/mol. The molecule has 0 aliphatic carbocycles. The van der Waals surface area contributed by atoms with E-state index in [1.165, 1.54) is 12.4 Å². The van der Waals surface area contributed by atoms with Gasteiger partial charge in [-0.3, -0.25) is 9.89 Å². The van der Waals surface area contributed by atoms with Gasteiger partial charge in [-0.05, 0) is 24.3 Å². The number of sulfone groups is 1. The van der Waals surface area contributed by atoms with E-state index in [4.69, 9.17) is 0 Å². The Hall–Kier alpha value is -3.00. The highest BCUT2D eigenvalue weighted by molar-refractivity contribution is 7.92. The highest BCUT2D eigenvalue weighted by Gasteiger charge is 2.32. The van der Waals surface area contributed by atoms with Crippen molar-refractivity contribution in [3.8, 4) is 11.1 Å². The molecule has 8 heteroatoms. The van der Waals surface area contributed by atoms with Gasteiger partial charge in [-0.15, -0.1) is 0 Å². The Balaban J connectivity index is 1.67. The van der Waals surface area contributed by atoms with E-state index in [0.717, 1.165) is 0 Å². The fourth-order valence-electron chi connectivity index (χ4n) is 2.77. The maximum Gasteiger partial charge on any atom is 0.232 e. The van der Waals surface area contributed by atoms with E-state index in [-0.39, 0.29) is 17.2 Å². The third-order valence-corrected chi connectivity index (χ3v) is 5.68. The fraction of sp³-hybridized carbons (Fsp3) is 0.0625. The summed E-state index contributed by atoms with van der Waals surface area (Å²) in [5.41, 5.74) is 1.78. The first kappa shape index (κ1) is 14.6. The number of hydrogen-bond acceptors (Lipinski definition) is 5. The van der Waals surface area contributed by atoms with Crippen LogP contribution in [-0.2, 0) is 21.1 Å². The lowest BCUT2D eigenvalue weighted by atomic mass is 10.1. The second-order valence-corrected chi connectivity index (χ2v) is 7.25. The number of nitrogens with zero attached hydrogens (tertiary/aromatic N) is 2. The van der Waals surface area contributed by atoms with Crippen LogP contribution in [0.2, 0.25) is 0 Å². The molecular weight excluding hydrogens is 328 g/mol. The Kier molecular flexibility index (Phi) is 3.20. The van der Waals surface area contributed by atoms with Crippen molar-refractivity contribution in [2.24, 2.45) is 0 Å². The van der Waals surface area contributed by atoms with Crippen LogP contribution in [0.1, 0.15) is 5.82 Å². The van der Waals surface area contributed by atoms with Crippen molar-refractivity contribution in [2.75, 3.05) is 5.32 Å². The summed E-state index contributed by atoms with van der Waals surface area (Å²) in [6.45, 7) is 0. The van der Waals surface area contributed by atoms with Crippen molar-refractivity contribution in [3.63, 3.8) is 0 Å². The second kappa shape index (κ2) is 5.27. The molecule has 0 fully saturated rings. The van der Waals surface area contributed by atoms with E-state index in [2.05, 4.69) is 20.5 Å². The topological polar surface area (TPSA) is 105 Å². The number of fused-ring (bicyclic) bond motifs is 3. The molecule has 24 heavy (non-hydrogen) atoms. The van der Waals surface area contributed by atoms with Crippen molar-refractivity contribution >= 4 is 21.4 Å². The maximum atomic E-state index is 12.5. The molecule has 7 nitrogen and oxygen atoms in total. The van der Waals surface area contributed by atoms with Gasteiger partial charge in [0.1, 0.15) is 12.2 Å². The lowest BCUT2D eigenvalue weighted by molar-refractivity contribution is -0.115. The fourth-order valence-corrected chi connectivity index (χ4v) is 4.44. The average molecular weight is 340 g/mol. The van der Waals surface area contributed by atoms with Crippen molar-refractivity contribution in [1.82, 2.24) is 15.2 Å². The Morgan fingerprint density at radius 3 is 2.67 bits per heavy atom. The third kappa shape index (κ3) is 2.28. The smallest absolute Gasteiger partial charge is 0.232 e. The quantitative estimate of drug-likeness (QED) is 0.592. The number of anilines is 1. The lowest BCUT2D eigenvalue weighted by Gasteiger charge is -2.06. The Labute approximate surface area is 137 Å². The number of nitrogens with one attached hydrogen (secondary N) is 2. The number of carbonyl (C=O) groups excluding carboxylic acids is 1. The van der Waals surface area contributed by atoms with E-state index in [0.29, 0.717) is 27.5 Å². The van der Waals surface area contributed by atoms with E-state index in [1.54, 1.807) is 36.4 Å². The van der Waals surface area contributed by atoms with Crippen LogP contribution in [0, 0.1) is 0 Å². The van der Waals surface area contributed by atoms with Crippen LogP contribution in [0.4, 0.5) is 5.69 Å². The summed E-state index contributed by atoms with van der Waals surface area (Å²) >= 11 is 0. The van der Waals surface area contributed by atoms with Crippen LogP contribution in [0.3, 0.4) is 0 Å². The first-order valence-electron chi connectivity index (χ1n) is 7.18. The highest BCUT2D eigenvalue weighted by atomic mass is 32.2. The molecule has 0 spiro atoms. The zero-order valence-electron chi connectivity index (χ0n) is 12.4. The van der Waals surface area contributed by atoms with Gasteiger partial charge in [0.2, 0.25) is 15.7 Å². The van der Waals surface area contributed by atoms with Crippen LogP contribution >= 0.6 is 0 Å². The normalized spacial score (nSPS) is 14.0. The van der Waals surface area contributed by atoms with Gasteiger partial charge in [-0.25, -0.2) is 13.4 Å². The largest absolute Gasteiger partial charge is 0.326 e. The van der Waals surface area contributed by atoms with Gasteiger partial charge in [-0.2, -0.15) is 5.10 Å². The molecule has 0 saturated heterocycles. The number of H-pyrrole nitrogens is 1. The summed E-state index contributed by atoms with van der Waals surface area (Å²) in [5, 5.41) is 9.05. The van der Waals surface area contributed by atoms with Crippen LogP contribution in [0.25, 0.3) is 11.1 Å². The van der Waals surface area contributed by atoms with Crippen molar-refractivity contribution in [3.05, 3.63) is 54.6 Å². The minimum Gasteiger partial charge on any atom is -0.326 e. The molecule has 0 bridgehead atoms. The standard InChI is InChI=1S/C16H12N4O3S/c21-16(8-15-17-9-18-20-15)19-10-5-6-14-12(7-10)11-3-1-2-4-13(11)24(14,22)23/h1-7,9H,8H2,(H,19,21)(H,17,18,20). The summed E-state index contributed by atoms with van der Waals surface area (Å²) < 4.78 is 25.0. The Bertz CT molecular complexity index is 1040. The molecule has 2 aromatic carbocycles. The van der Waals surface area contributed by atoms with Crippen LogP contribution < -0.4 is 5.32 Å². The number of hydrogen-bond donors (Lipinski definition) is 2. The van der Waals surface area contributed by atoms with Gasteiger partial charge in [0.15, 0.2) is 0 Å². The van der Waals surface area contributed by atoms with E-state index >= 15 is 0 Å². The van der Waals surface area contributed by atoms with Crippen molar-refractivity contribution in [2.45, 2.75) is 16.2 Å². The maximum absolute atomic E-state index is 12.5. The first-order chi connectivity index (χ1) is 11.6. The Morgan fingerprint density at radius 1 is 1.08 bits per heavy atom. The molecule has 0 radical (unpaired) electrons. The van der Waals surface area contributed by atoms with Gasteiger partial charge in [0, 0.05) is 16.8 Å². The summed E-state index contributed by atoms with van der Waals surface area (Å²) in [6.07, 6.45) is 1.39. The summed E-state index contributed by atoms with van der Waals surface area (Å²) in [4.78, 5) is 16.5. The number of rotatable bonds is 3. The molecule has 120 valence electrons. The molecule has 3 aromatic rings. The molecule has 0 atom stereocenters. The molecule has 1 aromatic heterocycles. The molecule has 4 rings (SSSR count). The zero-order chi connectivity index (χ0) is 16.7. The monoisotopic (exact) mass is 340 g/mol. The molecule has 1 aliphatic rings. The van der Waals surface area contributed by atoms with Gasteiger partial charge >= 0.3 is 0 Å². The number of carbonyl (C=O) groups is 1. The lowest BCUT2D eigenvalue weighted by Crippen LogP contribution is -2.15. The van der Waals surface area contributed by atoms with E-state index in [9.17, 15) is 13.2 Å². The van der Waals surface area contributed by atoms with Crippen molar-refractivity contribution < 1.29 is 13.2 Å². The molecule has 1 amide bonds. The number of aromatic nitrogens is 3. The van der Waals surface area contributed by atoms with Gasteiger partial charge < -0.3 is 5.32 Å². The minimum atomic E-state index is -3.49. The molecule has 1 aliphatic heterocycles. The van der Waals surface area contributed by atoms with Crippen molar-refractivity contribution in [1.29, 1.82) is 0 Å². The summed E-state index contributed by atoms with van der Waals surface area (Å²) in [7, 11) is -3.49. The number of aromatic amines is 1. The highest BCUT2D eigenvalue weighted by Crippen LogP contribution is 2.43. The predicted octanol–water partition coefficient (Wildman–Crippen LogP) is 1.80. The third-order valence-electron chi connectivity index (χ3n) is 3.81. The molecule has 2 heterocycles. The van der Waals surface area contributed by atoms with Gasteiger partial charge in [-0.1, -0.05) is 18.2 Å². The summed E-state index contributed by atoms with van der Waals surface area (Å²) in [6, 6.07) is 11.6. The Morgan fingerprint density at radius 2 is 1.88 bits per heavy atom. The second-order valence-electron chi connectivity index (χ2n) is 5.37. The summed E-state index contributed by atoms with van der Waals surface area (Å²) in [5.74, 6) is 0.197. The first-order valence-corrected chi connectivity index (χ1v) is 8.66. The molecular formula is C16H12N4O3S. The van der Waals surface area contributed by atoms with Gasteiger partial charge in [0.05, 0.1) is 16.2 Å². The molecule has 0 saturated carbocycles. The van der Waals surface area contributed by atoms with E-state index < -0.39 is 9.84 Å².